The van der Waals surface area contributed by atoms with Gasteiger partial charge in [0.1, 0.15) is 5.82 Å². The van der Waals surface area contributed by atoms with Crippen molar-refractivity contribution in [3.8, 4) is 29.0 Å². The molecule has 2 aromatic heterocycles. The summed E-state index contributed by atoms with van der Waals surface area (Å²) in [5.41, 5.74) is 2.47. The van der Waals surface area contributed by atoms with Crippen molar-refractivity contribution in [3.05, 3.63) is 71.7 Å². The van der Waals surface area contributed by atoms with Crippen LogP contribution >= 0.6 is 0 Å². The highest BCUT2D eigenvalue weighted by Crippen LogP contribution is 2.21. The quantitative estimate of drug-likeness (QED) is 0.564. The van der Waals surface area contributed by atoms with Crippen molar-refractivity contribution in [2.45, 2.75) is 6.54 Å². The van der Waals surface area contributed by atoms with Gasteiger partial charge in [0.05, 0.1) is 24.4 Å². The van der Waals surface area contributed by atoms with Crippen molar-refractivity contribution in [1.29, 1.82) is 5.26 Å². The van der Waals surface area contributed by atoms with E-state index in [1.807, 2.05) is 6.07 Å². The molecule has 0 aliphatic carbocycles. The van der Waals surface area contributed by atoms with E-state index in [2.05, 4.69) is 26.5 Å². The van der Waals surface area contributed by atoms with Crippen molar-refractivity contribution < 1.29 is 8.91 Å². The van der Waals surface area contributed by atoms with Crippen molar-refractivity contribution in [2.75, 3.05) is 0 Å². The third-order valence-electron chi connectivity index (χ3n) is 3.69. The lowest BCUT2D eigenvalue weighted by atomic mass is 10.1. The first kappa shape index (κ1) is 15.7. The molecule has 4 aromatic rings. The summed E-state index contributed by atoms with van der Waals surface area (Å²) in [6.45, 7) is 0.380. The fourth-order valence-corrected chi connectivity index (χ4v) is 2.43. The molecule has 4 rings (SSSR count). The van der Waals surface area contributed by atoms with Crippen LogP contribution in [-0.4, -0.2) is 25.1 Å². The molecule has 0 atom stereocenters. The van der Waals surface area contributed by atoms with Gasteiger partial charge in [-0.05, 0) is 42.0 Å². The highest BCUT2D eigenvalue weighted by molar-refractivity contribution is 5.57. The maximum Gasteiger partial charge on any atom is 0.258 e. The number of rotatable bonds is 4. The lowest BCUT2D eigenvalue weighted by Gasteiger charge is -2.00. The minimum absolute atomic E-state index is 0.298. The topological polar surface area (TPSA) is 93.4 Å². The predicted molar refractivity (Wildman–Crippen MR) is 89.0 cm³/mol. The van der Waals surface area contributed by atoms with E-state index < -0.39 is 0 Å². The van der Waals surface area contributed by atoms with Crippen molar-refractivity contribution in [1.82, 2.24) is 25.1 Å². The third kappa shape index (κ3) is 3.18. The minimum atomic E-state index is -0.298. The van der Waals surface area contributed by atoms with Crippen LogP contribution in [0.3, 0.4) is 0 Å². The number of nitriles is 1. The fraction of sp³-hybridized carbons (Fsp3) is 0.0556. The van der Waals surface area contributed by atoms with Crippen LogP contribution in [0.25, 0.3) is 23.0 Å². The molecule has 0 aliphatic heterocycles. The summed E-state index contributed by atoms with van der Waals surface area (Å²) >= 11 is 0. The Bertz CT molecular complexity index is 1090. The highest BCUT2D eigenvalue weighted by atomic mass is 19.1. The van der Waals surface area contributed by atoms with Gasteiger partial charge in [-0.25, -0.2) is 9.07 Å². The molecule has 0 N–H and O–H groups in total. The van der Waals surface area contributed by atoms with Crippen LogP contribution in [-0.2, 0) is 6.54 Å². The Morgan fingerprint density at radius 1 is 1.15 bits per heavy atom. The predicted octanol–water partition coefficient (Wildman–Crippen LogP) is 3.05. The number of hydrogen-bond acceptors (Lipinski definition) is 6. The average molecular weight is 346 g/mol. The van der Waals surface area contributed by atoms with E-state index in [0.717, 1.165) is 5.56 Å². The van der Waals surface area contributed by atoms with Gasteiger partial charge < -0.3 is 4.52 Å². The maximum absolute atomic E-state index is 13.3. The zero-order chi connectivity index (χ0) is 17.9. The van der Waals surface area contributed by atoms with Crippen LogP contribution in [0.4, 0.5) is 4.39 Å². The molecular weight excluding hydrogens is 335 g/mol. The number of halogens is 1. The highest BCUT2D eigenvalue weighted by Gasteiger charge is 2.14. The molecule has 126 valence electrons. The molecule has 0 fully saturated rings. The van der Waals surface area contributed by atoms with Crippen molar-refractivity contribution in [2.24, 2.45) is 0 Å². The maximum atomic E-state index is 13.3. The molecule has 2 heterocycles. The standard InChI is InChI=1S/C18H11FN6O/c19-15-3-1-2-13(8-15)10-25-11-16(22-24-25)17-21-18(26-23-17)14-6-4-12(9-20)5-7-14/h1-8,11H,10H2. The van der Waals surface area contributed by atoms with E-state index in [4.69, 9.17) is 9.78 Å². The SMILES string of the molecule is N#Cc1ccc(-c2nc(-c3cn(Cc4cccc(F)c4)nn3)no2)cc1. The van der Waals surface area contributed by atoms with Crippen LogP contribution in [0.5, 0.6) is 0 Å². The molecule has 2 aromatic carbocycles. The molecule has 0 bridgehead atoms. The van der Waals surface area contributed by atoms with Gasteiger partial charge in [0.25, 0.3) is 5.89 Å². The van der Waals surface area contributed by atoms with Crippen LogP contribution in [0, 0.1) is 17.1 Å². The molecule has 0 saturated heterocycles. The lowest BCUT2D eigenvalue weighted by Crippen LogP contribution is -2.00. The number of nitrogens with zero attached hydrogens (tertiary/aromatic N) is 6. The van der Waals surface area contributed by atoms with Gasteiger partial charge in [-0.1, -0.05) is 22.5 Å². The molecule has 7 nitrogen and oxygen atoms in total. The van der Waals surface area contributed by atoms with Crippen LogP contribution < -0.4 is 0 Å². The summed E-state index contributed by atoms with van der Waals surface area (Å²) in [7, 11) is 0. The summed E-state index contributed by atoms with van der Waals surface area (Å²) in [5.74, 6) is 0.326. The number of aromatic nitrogens is 5. The first-order valence-corrected chi connectivity index (χ1v) is 7.70. The summed E-state index contributed by atoms with van der Waals surface area (Å²) in [6, 6.07) is 15.2. The summed E-state index contributed by atoms with van der Waals surface area (Å²) < 4.78 is 20.1. The van der Waals surface area contributed by atoms with E-state index in [-0.39, 0.29) is 5.82 Å². The van der Waals surface area contributed by atoms with E-state index >= 15 is 0 Å². The van der Waals surface area contributed by atoms with Crippen LogP contribution in [0.1, 0.15) is 11.1 Å². The molecule has 0 saturated carbocycles. The van der Waals surface area contributed by atoms with Crippen LogP contribution in [0.15, 0.2) is 59.3 Å². The molecular formula is C18H11FN6O. The second-order valence-corrected chi connectivity index (χ2v) is 5.54. The zero-order valence-corrected chi connectivity index (χ0v) is 13.4. The van der Waals surface area contributed by atoms with E-state index in [1.165, 1.54) is 12.1 Å². The Kier molecular flexibility index (Phi) is 3.95. The van der Waals surface area contributed by atoms with E-state index in [0.29, 0.717) is 35.1 Å². The Hall–Kier alpha value is -3.86. The molecule has 26 heavy (non-hydrogen) atoms. The largest absolute Gasteiger partial charge is 0.334 e. The van der Waals surface area contributed by atoms with Gasteiger partial charge in [-0.3, -0.25) is 0 Å². The van der Waals surface area contributed by atoms with Gasteiger partial charge in [-0.2, -0.15) is 10.2 Å². The van der Waals surface area contributed by atoms with E-state index in [1.54, 1.807) is 41.2 Å². The summed E-state index contributed by atoms with van der Waals surface area (Å²) in [6.07, 6.45) is 1.66. The van der Waals surface area contributed by atoms with Crippen molar-refractivity contribution >= 4 is 0 Å². The molecule has 0 radical (unpaired) electrons. The molecule has 0 spiro atoms. The Balaban J connectivity index is 1.54. The number of benzene rings is 2. The minimum Gasteiger partial charge on any atom is -0.334 e. The van der Waals surface area contributed by atoms with E-state index in [9.17, 15) is 4.39 Å². The second-order valence-electron chi connectivity index (χ2n) is 5.54. The Labute approximate surface area is 147 Å². The molecule has 0 aliphatic rings. The Morgan fingerprint density at radius 3 is 2.77 bits per heavy atom. The number of hydrogen-bond donors (Lipinski definition) is 0. The zero-order valence-electron chi connectivity index (χ0n) is 13.4. The molecule has 0 amide bonds. The third-order valence-corrected chi connectivity index (χ3v) is 3.69. The first-order chi connectivity index (χ1) is 12.7. The average Bonchev–Trinajstić information content (AvgIpc) is 3.31. The fourth-order valence-electron chi connectivity index (χ4n) is 2.43. The Morgan fingerprint density at radius 2 is 2.00 bits per heavy atom. The lowest BCUT2D eigenvalue weighted by molar-refractivity contribution is 0.432. The second kappa shape index (κ2) is 6.57. The van der Waals surface area contributed by atoms with Gasteiger partial charge in [-0.15, -0.1) is 5.10 Å². The van der Waals surface area contributed by atoms with Gasteiger partial charge in [0, 0.05) is 5.56 Å². The molecule has 8 heteroatoms. The van der Waals surface area contributed by atoms with Gasteiger partial charge in [0.2, 0.25) is 5.82 Å². The van der Waals surface area contributed by atoms with Crippen LogP contribution in [0.2, 0.25) is 0 Å². The van der Waals surface area contributed by atoms with Gasteiger partial charge in [0.15, 0.2) is 5.69 Å². The van der Waals surface area contributed by atoms with Crippen molar-refractivity contribution in [3.63, 3.8) is 0 Å². The van der Waals surface area contributed by atoms with Gasteiger partial charge >= 0.3 is 0 Å². The molecule has 0 unspecified atom stereocenters. The summed E-state index contributed by atoms with van der Waals surface area (Å²) in [4.78, 5) is 4.30. The monoisotopic (exact) mass is 346 g/mol. The first-order valence-electron chi connectivity index (χ1n) is 7.70. The smallest absolute Gasteiger partial charge is 0.258 e. The normalized spacial score (nSPS) is 10.6. The summed E-state index contributed by atoms with van der Waals surface area (Å²) in [5, 5.41) is 20.8.